The highest BCUT2D eigenvalue weighted by Crippen LogP contribution is 2.34. The van der Waals surface area contributed by atoms with Crippen molar-refractivity contribution >= 4 is 16.8 Å². The minimum atomic E-state index is -0.0270. The van der Waals surface area contributed by atoms with Crippen molar-refractivity contribution in [3.8, 4) is 0 Å². The van der Waals surface area contributed by atoms with E-state index in [2.05, 4.69) is 17.4 Å². The summed E-state index contributed by atoms with van der Waals surface area (Å²) in [5.41, 5.74) is 1.86. The number of benzene rings is 2. The van der Waals surface area contributed by atoms with Gasteiger partial charge in [-0.15, -0.1) is 0 Å². The summed E-state index contributed by atoms with van der Waals surface area (Å²) < 4.78 is 7.64. The lowest BCUT2D eigenvalue weighted by atomic mass is 10.1. The van der Waals surface area contributed by atoms with Crippen molar-refractivity contribution in [1.82, 2.24) is 14.9 Å². The Morgan fingerprint density at radius 2 is 1.90 bits per heavy atom. The fourth-order valence-corrected chi connectivity index (χ4v) is 3.77. The quantitative estimate of drug-likeness (QED) is 0.505. The van der Waals surface area contributed by atoms with Crippen LogP contribution in [-0.4, -0.2) is 28.6 Å². The van der Waals surface area contributed by atoms with Gasteiger partial charge < -0.3 is 10.1 Å². The van der Waals surface area contributed by atoms with Crippen LogP contribution in [0.4, 0.5) is 0 Å². The van der Waals surface area contributed by atoms with Crippen LogP contribution in [0.5, 0.6) is 0 Å². The second-order valence-corrected chi connectivity index (χ2v) is 8.08. The first-order valence-corrected chi connectivity index (χ1v) is 11.1. The molecule has 6 nitrogen and oxygen atoms in total. The first-order valence-electron chi connectivity index (χ1n) is 11.1. The van der Waals surface area contributed by atoms with Gasteiger partial charge in [0.05, 0.1) is 17.0 Å². The average Bonchev–Trinajstić information content (AvgIpc) is 3.63. The van der Waals surface area contributed by atoms with Gasteiger partial charge in [0, 0.05) is 32.0 Å². The molecule has 0 saturated heterocycles. The summed E-state index contributed by atoms with van der Waals surface area (Å²) in [6.45, 7) is 3.19. The average molecular weight is 420 g/mol. The Balaban J connectivity index is 1.25. The maximum absolute atomic E-state index is 12.9. The van der Waals surface area contributed by atoms with Crippen LogP contribution in [0, 0.1) is 0 Å². The van der Waals surface area contributed by atoms with Crippen LogP contribution < -0.4 is 10.9 Å². The summed E-state index contributed by atoms with van der Waals surface area (Å²) in [6, 6.07) is 17.7. The number of rotatable bonds is 10. The number of amides is 1. The summed E-state index contributed by atoms with van der Waals surface area (Å²) in [6.07, 6.45) is 3.57. The first kappa shape index (κ1) is 21.2. The van der Waals surface area contributed by atoms with Gasteiger partial charge in [0.25, 0.3) is 5.56 Å². The number of nitrogens with one attached hydrogen (secondary N) is 1. The summed E-state index contributed by atoms with van der Waals surface area (Å²) in [7, 11) is 0. The second-order valence-electron chi connectivity index (χ2n) is 8.08. The lowest BCUT2D eigenvalue weighted by molar-refractivity contribution is -0.121. The van der Waals surface area contributed by atoms with Crippen LogP contribution in [0.15, 0.2) is 59.4 Å². The van der Waals surface area contributed by atoms with Crippen molar-refractivity contribution in [3.63, 3.8) is 0 Å². The molecule has 6 heteroatoms. The highest BCUT2D eigenvalue weighted by atomic mass is 16.5. The molecule has 162 valence electrons. The Morgan fingerprint density at radius 3 is 2.68 bits per heavy atom. The van der Waals surface area contributed by atoms with Crippen LogP contribution in [0.3, 0.4) is 0 Å². The number of fused-ring (bicyclic) bond motifs is 1. The van der Waals surface area contributed by atoms with Crippen LogP contribution >= 0.6 is 0 Å². The van der Waals surface area contributed by atoms with Crippen LogP contribution in [-0.2, 0) is 16.0 Å². The van der Waals surface area contributed by atoms with E-state index in [1.165, 1.54) is 0 Å². The minimum absolute atomic E-state index is 0.00759. The maximum Gasteiger partial charge on any atom is 0.261 e. The number of aryl methyl sites for hydroxylation is 1. The molecule has 3 aromatic rings. The molecular formula is C25H29N3O3. The van der Waals surface area contributed by atoms with Crippen molar-refractivity contribution in [3.05, 3.63) is 76.3 Å². The molecular weight excluding hydrogens is 390 g/mol. The van der Waals surface area contributed by atoms with E-state index in [9.17, 15) is 9.59 Å². The zero-order valence-electron chi connectivity index (χ0n) is 17.9. The highest BCUT2D eigenvalue weighted by molar-refractivity contribution is 5.78. The lowest BCUT2D eigenvalue weighted by Gasteiger charge is -2.14. The van der Waals surface area contributed by atoms with Gasteiger partial charge >= 0.3 is 0 Å². The molecule has 1 saturated carbocycles. The predicted molar refractivity (Wildman–Crippen MR) is 121 cm³/mol. The molecule has 0 radical (unpaired) electrons. The van der Waals surface area contributed by atoms with E-state index in [0.29, 0.717) is 42.7 Å². The number of carbonyl (C=O) groups is 1. The fraction of sp³-hybridized carbons (Fsp3) is 0.400. The zero-order valence-corrected chi connectivity index (χ0v) is 17.9. The van der Waals surface area contributed by atoms with Crippen molar-refractivity contribution in [2.24, 2.45) is 0 Å². The number of hydrogen-bond donors (Lipinski definition) is 1. The fourth-order valence-electron chi connectivity index (χ4n) is 3.77. The molecule has 31 heavy (non-hydrogen) atoms. The molecule has 0 aliphatic heterocycles. The zero-order chi connectivity index (χ0) is 21.6. The number of carbonyl (C=O) groups excluding carboxylic acids is 1. The molecule has 1 N–H and O–H groups in total. The van der Waals surface area contributed by atoms with Gasteiger partial charge in [-0.1, -0.05) is 42.5 Å². The second kappa shape index (κ2) is 9.88. The molecule has 4 rings (SSSR count). The Morgan fingerprint density at radius 1 is 1.16 bits per heavy atom. The Hall–Kier alpha value is -2.99. The van der Waals surface area contributed by atoms with Crippen LogP contribution in [0.1, 0.15) is 56.1 Å². The topological polar surface area (TPSA) is 73.2 Å². The Labute approximate surface area is 182 Å². The lowest BCUT2D eigenvalue weighted by Crippen LogP contribution is -2.28. The van der Waals surface area contributed by atoms with E-state index in [4.69, 9.17) is 9.72 Å². The number of para-hydroxylation sites is 1. The van der Waals surface area contributed by atoms with E-state index >= 15 is 0 Å². The summed E-state index contributed by atoms with van der Waals surface area (Å²) in [4.78, 5) is 29.9. The molecule has 1 aliphatic carbocycles. The molecule has 1 aromatic heterocycles. The van der Waals surface area contributed by atoms with E-state index in [1.54, 1.807) is 4.57 Å². The number of nitrogens with zero attached hydrogens (tertiary/aromatic N) is 2. The van der Waals surface area contributed by atoms with Crippen molar-refractivity contribution in [2.75, 3.05) is 13.2 Å². The molecule has 2 aromatic carbocycles. The van der Waals surface area contributed by atoms with Crippen LogP contribution in [0.2, 0.25) is 0 Å². The van der Waals surface area contributed by atoms with Gasteiger partial charge in [0.1, 0.15) is 5.82 Å². The standard InChI is InChI=1S/C25H29N3O3/c1-18(19-8-3-2-4-9-19)31-17-7-16-26-24(29)15-14-23-27-22-11-6-5-10-21(22)25(30)28(23)20-12-13-20/h2-6,8-11,18,20H,7,12-17H2,1H3,(H,26,29). The minimum Gasteiger partial charge on any atom is -0.374 e. The molecule has 1 fully saturated rings. The third-order valence-electron chi connectivity index (χ3n) is 5.65. The molecule has 1 atom stereocenters. The predicted octanol–water partition coefficient (Wildman–Crippen LogP) is 3.95. The van der Waals surface area contributed by atoms with Gasteiger partial charge in [-0.05, 0) is 43.9 Å². The first-order chi connectivity index (χ1) is 15.1. The van der Waals surface area contributed by atoms with Gasteiger partial charge in [0.15, 0.2) is 0 Å². The van der Waals surface area contributed by atoms with E-state index < -0.39 is 0 Å². The summed E-state index contributed by atoms with van der Waals surface area (Å²) >= 11 is 0. The van der Waals surface area contributed by atoms with Gasteiger partial charge in [-0.2, -0.15) is 0 Å². The van der Waals surface area contributed by atoms with Gasteiger partial charge in [-0.3, -0.25) is 14.2 Å². The van der Waals surface area contributed by atoms with E-state index in [-0.39, 0.29) is 23.6 Å². The monoisotopic (exact) mass is 419 g/mol. The molecule has 1 heterocycles. The Kier molecular flexibility index (Phi) is 6.77. The molecule has 1 unspecified atom stereocenters. The van der Waals surface area contributed by atoms with Gasteiger partial charge in [-0.25, -0.2) is 4.98 Å². The van der Waals surface area contributed by atoms with Crippen LogP contribution in [0.25, 0.3) is 10.9 Å². The molecule has 0 bridgehead atoms. The van der Waals surface area contributed by atoms with Crippen molar-refractivity contribution in [1.29, 1.82) is 0 Å². The smallest absolute Gasteiger partial charge is 0.261 e. The number of ether oxygens (including phenoxy) is 1. The highest BCUT2D eigenvalue weighted by Gasteiger charge is 2.28. The third kappa shape index (κ3) is 5.39. The number of aromatic nitrogens is 2. The maximum atomic E-state index is 12.9. The number of hydrogen-bond acceptors (Lipinski definition) is 4. The summed E-state index contributed by atoms with van der Waals surface area (Å²) in [5, 5.41) is 3.59. The molecule has 1 aliphatic rings. The normalized spacial score (nSPS) is 14.5. The van der Waals surface area contributed by atoms with E-state index in [1.807, 2.05) is 49.4 Å². The largest absolute Gasteiger partial charge is 0.374 e. The van der Waals surface area contributed by atoms with Gasteiger partial charge in [0.2, 0.25) is 5.91 Å². The summed E-state index contributed by atoms with van der Waals surface area (Å²) in [5.74, 6) is 0.683. The van der Waals surface area contributed by atoms with Crippen molar-refractivity contribution < 1.29 is 9.53 Å². The van der Waals surface area contributed by atoms with E-state index in [0.717, 1.165) is 24.8 Å². The van der Waals surface area contributed by atoms with Crippen molar-refractivity contribution in [2.45, 2.75) is 51.2 Å². The molecule has 1 amide bonds. The molecule has 0 spiro atoms. The Bertz CT molecular complexity index is 1090. The third-order valence-corrected chi connectivity index (χ3v) is 5.65. The SMILES string of the molecule is CC(OCCCNC(=O)CCc1nc2ccccc2c(=O)n1C1CC1)c1ccccc1.